The molecule has 23 heavy (non-hydrogen) atoms. The van der Waals surface area contributed by atoms with Gasteiger partial charge in [-0.25, -0.2) is 4.68 Å². The van der Waals surface area contributed by atoms with Crippen LogP contribution in [-0.4, -0.2) is 51.5 Å². The minimum Gasteiger partial charge on any atom is -0.497 e. The number of aliphatic hydroxyl groups is 1. The normalized spacial score (nSPS) is 11.3. The number of nitrogens with zero attached hydrogens (tertiary/aromatic N) is 3. The highest BCUT2D eigenvalue weighted by Gasteiger charge is 2.23. The van der Waals surface area contributed by atoms with Gasteiger partial charge in [-0.15, -0.1) is 0 Å². The maximum absolute atomic E-state index is 12.5. The molecule has 1 aromatic heterocycles. The van der Waals surface area contributed by atoms with Gasteiger partial charge in [0.25, 0.3) is 5.91 Å². The van der Waals surface area contributed by atoms with Crippen LogP contribution in [0.4, 0.5) is 0 Å². The van der Waals surface area contributed by atoms with E-state index in [0.717, 1.165) is 11.4 Å². The first kappa shape index (κ1) is 17.0. The molecule has 1 amide bonds. The number of rotatable bonds is 6. The average Bonchev–Trinajstić information content (AvgIpc) is 3.01. The third kappa shape index (κ3) is 4.32. The second kappa shape index (κ2) is 6.83. The molecule has 6 nitrogen and oxygen atoms in total. The van der Waals surface area contributed by atoms with E-state index in [2.05, 4.69) is 5.10 Å². The topological polar surface area (TPSA) is 67.6 Å². The van der Waals surface area contributed by atoms with Crippen LogP contribution in [0.5, 0.6) is 5.75 Å². The first-order valence-electron chi connectivity index (χ1n) is 7.56. The van der Waals surface area contributed by atoms with Gasteiger partial charge in [0.2, 0.25) is 0 Å². The van der Waals surface area contributed by atoms with Crippen molar-refractivity contribution in [2.45, 2.75) is 26.4 Å². The van der Waals surface area contributed by atoms with Crippen LogP contribution in [0.1, 0.15) is 31.3 Å². The SMILES string of the molecule is CCN(CC(C)(C)O)C(=O)c1ccn(-c2ccc(OC)cc2)n1. The van der Waals surface area contributed by atoms with Gasteiger partial charge in [0.15, 0.2) is 5.69 Å². The zero-order valence-corrected chi connectivity index (χ0v) is 14.0. The number of benzene rings is 1. The van der Waals surface area contributed by atoms with E-state index < -0.39 is 5.60 Å². The standard InChI is InChI=1S/C17H23N3O3/c1-5-19(12-17(2,3)22)16(21)15-10-11-20(18-15)13-6-8-14(23-4)9-7-13/h6-11,22H,5,12H2,1-4H3. The Morgan fingerprint density at radius 3 is 2.48 bits per heavy atom. The van der Waals surface area contributed by atoms with Gasteiger partial charge in [0, 0.05) is 19.3 Å². The number of carbonyl (C=O) groups is 1. The van der Waals surface area contributed by atoms with E-state index in [-0.39, 0.29) is 12.5 Å². The molecule has 2 rings (SSSR count). The molecular formula is C17H23N3O3. The fourth-order valence-corrected chi connectivity index (χ4v) is 2.27. The molecule has 1 heterocycles. The summed E-state index contributed by atoms with van der Waals surface area (Å²) in [4.78, 5) is 14.1. The van der Waals surface area contributed by atoms with Gasteiger partial charge in [0.1, 0.15) is 5.75 Å². The van der Waals surface area contributed by atoms with Gasteiger partial charge in [-0.2, -0.15) is 5.10 Å². The number of amides is 1. The molecule has 0 aliphatic rings. The molecule has 1 aromatic carbocycles. The van der Waals surface area contributed by atoms with Gasteiger partial charge in [0.05, 0.1) is 18.4 Å². The van der Waals surface area contributed by atoms with Crippen molar-refractivity contribution in [2.24, 2.45) is 0 Å². The molecule has 0 unspecified atom stereocenters. The molecule has 1 N–H and O–H groups in total. The molecule has 0 spiro atoms. The summed E-state index contributed by atoms with van der Waals surface area (Å²) in [6.45, 7) is 6.01. The number of aromatic nitrogens is 2. The Morgan fingerprint density at radius 1 is 1.30 bits per heavy atom. The van der Waals surface area contributed by atoms with E-state index in [1.165, 1.54) is 0 Å². The maximum Gasteiger partial charge on any atom is 0.274 e. The third-order valence-corrected chi connectivity index (χ3v) is 3.39. The van der Waals surface area contributed by atoms with Crippen LogP contribution >= 0.6 is 0 Å². The lowest BCUT2D eigenvalue weighted by Gasteiger charge is -2.27. The minimum atomic E-state index is -0.940. The summed E-state index contributed by atoms with van der Waals surface area (Å²) in [5.74, 6) is 0.571. The van der Waals surface area contributed by atoms with E-state index in [1.54, 1.807) is 42.8 Å². The van der Waals surface area contributed by atoms with E-state index in [4.69, 9.17) is 4.74 Å². The molecule has 0 saturated carbocycles. The first-order chi connectivity index (χ1) is 10.8. The summed E-state index contributed by atoms with van der Waals surface area (Å²) in [5, 5.41) is 14.3. The Kier molecular flexibility index (Phi) is 5.05. The molecule has 2 aromatic rings. The smallest absolute Gasteiger partial charge is 0.274 e. The lowest BCUT2D eigenvalue weighted by Crippen LogP contribution is -2.42. The second-order valence-electron chi connectivity index (χ2n) is 5.98. The highest BCUT2D eigenvalue weighted by atomic mass is 16.5. The molecule has 0 radical (unpaired) electrons. The van der Waals surface area contributed by atoms with Gasteiger partial charge >= 0.3 is 0 Å². The van der Waals surface area contributed by atoms with E-state index in [0.29, 0.717) is 12.2 Å². The van der Waals surface area contributed by atoms with Crippen LogP contribution in [0.15, 0.2) is 36.5 Å². The van der Waals surface area contributed by atoms with Gasteiger partial charge in [-0.1, -0.05) is 0 Å². The van der Waals surface area contributed by atoms with Gasteiger partial charge in [-0.05, 0) is 51.1 Å². The molecule has 0 fully saturated rings. The van der Waals surface area contributed by atoms with Crippen molar-refractivity contribution < 1.29 is 14.6 Å². The van der Waals surface area contributed by atoms with Crippen molar-refractivity contribution >= 4 is 5.91 Å². The Balaban J connectivity index is 2.18. The predicted octanol–water partition coefficient (Wildman–Crippen LogP) is 2.11. The lowest BCUT2D eigenvalue weighted by atomic mass is 10.1. The van der Waals surface area contributed by atoms with Crippen LogP contribution in [0.2, 0.25) is 0 Å². The van der Waals surface area contributed by atoms with Crippen molar-refractivity contribution in [3.05, 3.63) is 42.2 Å². The van der Waals surface area contributed by atoms with E-state index in [1.807, 2.05) is 31.2 Å². The van der Waals surface area contributed by atoms with Crippen molar-refractivity contribution in [1.29, 1.82) is 0 Å². The average molecular weight is 317 g/mol. The lowest BCUT2D eigenvalue weighted by molar-refractivity contribution is 0.0311. The number of hydrogen-bond donors (Lipinski definition) is 1. The van der Waals surface area contributed by atoms with Crippen LogP contribution in [0.25, 0.3) is 5.69 Å². The molecular weight excluding hydrogens is 294 g/mol. The Hall–Kier alpha value is -2.34. The molecule has 0 atom stereocenters. The Bertz CT molecular complexity index is 656. The highest BCUT2D eigenvalue weighted by Crippen LogP contribution is 2.15. The van der Waals surface area contributed by atoms with Crippen LogP contribution in [0.3, 0.4) is 0 Å². The van der Waals surface area contributed by atoms with Gasteiger partial charge in [-0.3, -0.25) is 4.79 Å². The summed E-state index contributed by atoms with van der Waals surface area (Å²) < 4.78 is 6.77. The van der Waals surface area contributed by atoms with Crippen LogP contribution in [0, 0.1) is 0 Å². The summed E-state index contributed by atoms with van der Waals surface area (Å²) in [7, 11) is 1.61. The Labute approximate surface area is 136 Å². The summed E-state index contributed by atoms with van der Waals surface area (Å²) >= 11 is 0. The van der Waals surface area contributed by atoms with Crippen molar-refractivity contribution in [3.63, 3.8) is 0 Å². The molecule has 124 valence electrons. The molecule has 0 aliphatic heterocycles. The molecule has 6 heteroatoms. The largest absolute Gasteiger partial charge is 0.497 e. The first-order valence-corrected chi connectivity index (χ1v) is 7.56. The number of methoxy groups -OCH3 is 1. The Morgan fingerprint density at radius 2 is 1.96 bits per heavy atom. The van der Waals surface area contributed by atoms with Crippen LogP contribution in [-0.2, 0) is 0 Å². The minimum absolute atomic E-state index is 0.193. The number of likely N-dealkylation sites (N-methyl/N-ethyl adjacent to an activating group) is 1. The predicted molar refractivity (Wildman–Crippen MR) is 88.0 cm³/mol. The fourth-order valence-electron chi connectivity index (χ4n) is 2.27. The van der Waals surface area contributed by atoms with Crippen molar-refractivity contribution in [3.8, 4) is 11.4 Å². The summed E-state index contributed by atoms with van der Waals surface area (Å²) in [5.41, 5.74) is 0.256. The van der Waals surface area contributed by atoms with E-state index in [9.17, 15) is 9.90 Å². The number of ether oxygens (including phenoxy) is 1. The second-order valence-corrected chi connectivity index (χ2v) is 5.98. The number of hydrogen-bond acceptors (Lipinski definition) is 4. The number of carbonyl (C=O) groups excluding carboxylic acids is 1. The van der Waals surface area contributed by atoms with Crippen LogP contribution < -0.4 is 4.74 Å². The zero-order valence-electron chi connectivity index (χ0n) is 14.0. The van der Waals surface area contributed by atoms with Crippen molar-refractivity contribution in [2.75, 3.05) is 20.2 Å². The maximum atomic E-state index is 12.5. The van der Waals surface area contributed by atoms with Gasteiger partial charge < -0.3 is 14.7 Å². The fraction of sp³-hybridized carbons (Fsp3) is 0.412. The molecule has 0 saturated heterocycles. The van der Waals surface area contributed by atoms with E-state index >= 15 is 0 Å². The van der Waals surface area contributed by atoms with Crippen molar-refractivity contribution in [1.82, 2.24) is 14.7 Å². The molecule has 0 bridgehead atoms. The third-order valence-electron chi connectivity index (χ3n) is 3.39. The summed E-state index contributed by atoms with van der Waals surface area (Å²) in [6, 6.07) is 9.10. The highest BCUT2D eigenvalue weighted by molar-refractivity contribution is 5.92. The zero-order chi connectivity index (χ0) is 17.0. The molecule has 0 aliphatic carbocycles. The quantitative estimate of drug-likeness (QED) is 0.886. The summed E-state index contributed by atoms with van der Waals surface area (Å²) in [6.07, 6.45) is 1.74. The monoisotopic (exact) mass is 317 g/mol.